The third kappa shape index (κ3) is 30.6. The van der Waals surface area contributed by atoms with Crippen molar-refractivity contribution in [3.63, 3.8) is 0 Å². The van der Waals surface area contributed by atoms with E-state index in [-0.39, 0.29) is 19.3 Å². The second-order valence-corrected chi connectivity index (χ2v) is 20.4. The van der Waals surface area contributed by atoms with Crippen LogP contribution in [0.4, 0.5) is 0 Å². The second-order valence-electron chi connectivity index (χ2n) is 16.8. The molecular formula is C42H81O18P3. The van der Waals surface area contributed by atoms with Crippen LogP contribution in [0.15, 0.2) is 0 Å². The molecule has 0 heterocycles. The Morgan fingerprint density at radius 3 is 0.698 bits per heavy atom. The predicted molar refractivity (Wildman–Crippen MR) is 236 cm³/mol. The van der Waals surface area contributed by atoms with Gasteiger partial charge in [-0.25, -0.2) is 13.7 Å². The molecule has 1 aliphatic rings. The van der Waals surface area contributed by atoms with Gasteiger partial charge in [-0.2, -0.15) is 0 Å². The lowest BCUT2D eigenvalue weighted by Crippen LogP contribution is -2.67. The summed E-state index contributed by atoms with van der Waals surface area (Å²) < 4.78 is 69.0. The highest BCUT2D eigenvalue weighted by Gasteiger charge is 2.62. The Hall–Kier alpha value is -1.26. The molecule has 63 heavy (non-hydrogen) atoms. The first-order valence-corrected chi connectivity index (χ1v) is 28.2. The summed E-state index contributed by atoms with van der Waals surface area (Å²) in [6.45, 7) is 6.39. The number of carbonyl (C=O) groups excluding carboxylic acids is 3. The third-order valence-corrected chi connectivity index (χ3v) is 12.5. The first kappa shape index (κ1) is 59.8. The fourth-order valence-corrected chi connectivity index (χ4v) is 9.40. The Morgan fingerprint density at radius 2 is 0.492 bits per heavy atom. The molecule has 0 saturated heterocycles. The quantitative estimate of drug-likeness (QED) is 0.0145. The van der Waals surface area contributed by atoms with Crippen molar-refractivity contribution in [2.24, 2.45) is 0 Å². The van der Waals surface area contributed by atoms with E-state index in [2.05, 4.69) is 20.8 Å². The lowest BCUT2D eigenvalue weighted by atomic mass is 9.84. The number of phosphoric ester groups is 3. The zero-order chi connectivity index (χ0) is 47.2. The number of unbranched alkanes of at least 4 members (excludes halogenated alkanes) is 24. The van der Waals surface area contributed by atoms with Crippen LogP contribution in [0, 0.1) is 0 Å². The van der Waals surface area contributed by atoms with Gasteiger partial charge in [-0.05, 0) is 19.3 Å². The van der Waals surface area contributed by atoms with Gasteiger partial charge in [0.15, 0.2) is 18.3 Å². The van der Waals surface area contributed by atoms with Crippen molar-refractivity contribution < 1.29 is 85.2 Å². The minimum atomic E-state index is -5.77. The highest BCUT2D eigenvalue weighted by Crippen LogP contribution is 2.51. The molecule has 0 bridgehead atoms. The van der Waals surface area contributed by atoms with Gasteiger partial charge >= 0.3 is 41.4 Å². The molecule has 0 aromatic carbocycles. The van der Waals surface area contributed by atoms with Crippen LogP contribution in [0.3, 0.4) is 0 Å². The zero-order valence-corrected chi connectivity index (χ0v) is 40.8. The molecule has 372 valence electrons. The highest BCUT2D eigenvalue weighted by atomic mass is 31.2. The minimum Gasteiger partial charge on any atom is -0.455 e. The third-order valence-electron chi connectivity index (χ3n) is 11.0. The van der Waals surface area contributed by atoms with Crippen LogP contribution < -0.4 is 0 Å². The molecule has 1 rings (SSSR count). The Morgan fingerprint density at radius 1 is 0.317 bits per heavy atom. The van der Waals surface area contributed by atoms with E-state index in [4.69, 9.17) is 27.8 Å². The average Bonchev–Trinajstić information content (AvgIpc) is 3.18. The van der Waals surface area contributed by atoms with Gasteiger partial charge in [0.2, 0.25) is 0 Å². The van der Waals surface area contributed by atoms with E-state index < -0.39 is 78.0 Å². The van der Waals surface area contributed by atoms with Gasteiger partial charge in [0.05, 0.1) is 0 Å². The Kier molecular flexibility index (Phi) is 32.3. The van der Waals surface area contributed by atoms with Gasteiger partial charge in [-0.15, -0.1) is 0 Å². The highest BCUT2D eigenvalue weighted by molar-refractivity contribution is 7.47. The summed E-state index contributed by atoms with van der Waals surface area (Å²) in [5.74, 6) is -2.94. The van der Waals surface area contributed by atoms with Crippen LogP contribution >= 0.6 is 23.5 Å². The van der Waals surface area contributed by atoms with Gasteiger partial charge in [0.25, 0.3) is 0 Å². The SMILES string of the molecule is CCCCCCCCCCCC(=O)OC1C(OC(=O)CCCCCCCCCCC)C(OP(=O)(O)O)C(OP(=O)(O)O)C(OP(=O)(O)O)C1OC(=O)CCCCCCCCCCC. The molecule has 0 aromatic rings. The van der Waals surface area contributed by atoms with Crippen molar-refractivity contribution in [3.8, 4) is 0 Å². The van der Waals surface area contributed by atoms with Gasteiger partial charge in [-0.1, -0.05) is 175 Å². The van der Waals surface area contributed by atoms with Gasteiger partial charge in [-0.3, -0.25) is 28.0 Å². The first-order chi connectivity index (χ1) is 29.8. The van der Waals surface area contributed by atoms with Crippen LogP contribution in [0.25, 0.3) is 0 Å². The van der Waals surface area contributed by atoms with Crippen molar-refractivity contribution in [2.75, 3.05) is 0 Å². The van der Waals surface area contributed by atoms with Crippen molar-refractivity contribution in [2.45, 2.75) is 250 Å². The summed E-state index contributed by atoms with van der Waals surface area (Å²) in [5, 5.41) is 0. The fourth-order valence-electron chi connectivity index (χ4n) is 7.73. The Labute approximate surface area is 375 Å². The molecule has 21 heteroatoms. The number of rotatable bonds is 39. The summed E-state index contributed by atoms with van der Waals surface area (Å²) in [6, 6.07) is 0. The van der Waals surface area contributed by atoms with E-state index in [0.29, 0.717) is 38.5 Å². The molecule has 6 N–H and O–H groups in total. The summed E-state index contributed by atoms with van der Waals surface area (Å²) in [4.78, 5) is 100. The maximum Gasteiger partial charge on any atom is 0.470 e. The number of ether oxygens (including phenoxy) is 3. The van der Waals surface area contributed by atoms with Crippen molar-refractivity contribution in [3.05, 3.63) is 0 Å². The molecule has 0 aromatic heterocycles. The van der Waals surface area contributed by atoms with Crippen LogP contribution in [-0.2, 0) is 55.9 Å². The zero-order valence-electron chi connectivity index (χ0n) is 38.1. The normalized spacial score (nSPS) is 20.7. The molecule has 4 unspecified atom stereocenters. The lowest BCUT2D eigenvalue weighted by molar-refractivity contribution is -0.241. The van der Waals surface area contributed by atoms with Crippen molar-refractivity contribution in [1.82, 2.24) is 0 Å². The van der Waals surface area contributed by atoms with Gasteiger partial charge in [0, 0.05) is 19.3 Å². The lowest BCUT2D eigenvalue weighted by Gasteiger charge is -2.47. The van der Waals surface area contributed by atoms with E-state index in [1.54, 1.807) is 0 Å². The molecular weight excluding hydrogens is 885 g/mol. The van der Waals surface area contributed by atoms with E-state index in [9.17, 15) is 57.4 Å². The van der Waals surface area contributed by atoms with Crippen LogP contribution in [0.1, 0.15) is 213 Å². The summed E-state index contributed by atoms with van der Waals surface area (Å²) in [7, 11) is -17.3. The van der Waals surface area contributed by atoms with E-state index in [0.717, 1.165) is 135 Å². The van der Waals surface area contributed by atoms with Crippen LogP contribution in [-0.4, -0.2) is 83.9 Å². The van der Waals surface area contributed by atoms with Crippen LogP contribution in [0.5, 0.6) is 0 Å². The molecule has 1 fully saturated rings. The van der Waals surface area contributed by atoms with E-state index >= 15 is 0 Å². The number of carbonyl (C=O) groups is 3. The predicted octanol–water partition coefficient (Wildman–Crippen LogP) is 9.93. The summed E-state index contributed by atoms with van der Waals surface area (Å²) in [6.07, 6.45) is 9.87. The molecule has 18 nitrogen and oxygen atoms in total. The molecule has 0 aliphatic heterocycles. The average molecular weight is 967 g/mol. The molecule has 0 amide bonds. The molecule has 1 aliphatic carbocycles. The van der Waals surface area contributed by atoms with Crippen LogP contribution in [0.2, 0.25) is 0 Å². The summed E-state index contributed by atoms with van der Waals surface area (Å²) >= 11 is 0. The molecule has 4 atom stereocenters. The second kappa shape index (κ2) is 34.1. The minimum absolute atomic E-state index is 0.221. The number of phosphoric acid groups is 3. The van der Waals surface area contributed by atoms with Crippen molar-refractivity contribution in [1.29, 1.82) is 0 Å². The smallest absolute Gasteiger partial charge is 0.455 e. The summed E-state index contributed by atoms with van der Waals surface area (Å²) in [5.41, 5.74) is 0. The number of esters is 3. The van der Waals surface area contributed by atoms with E-state index in [1.807, 2.05) is 0 Å². The van der Waals surface area contributed by atoms with E-state index in [1.165, 1.54) is 0 Å². The van der Waals surface area contributed by atoms with Crippen molar-refractivity contribution >= 4 is 41.4 Å². The fraction of sp³-hybridized carbons (Fsp3) is 0.929. The largest absolute Gasteiger partial charge is 0.470 e. The maximum absolute atomic E-state index is 13.5. The molecule has 0 radical (unpaired) electrons. The van der Waals surface area contributed by atoms with Gasteiger partial charge < -0.3 is 43.6 Å². The maximum atomic E-state index is 13.5. The molecule has 1 saturated carbocycles. The standard InChI is InChI=1S/C42H81O18P3/c1-4-7-10-13-16-19-22-25-28-31-34(43)55-37-38(56-35(44)32-29-26-23-20-17-14-11-8-5-2)40(58-61(46,47)48)42(60-63(52,53)54)41(59-62(49,50)51)39(37)57-36(45)33-30-27-24-21-18-15-12-9-6-3/h37-42H,4-33H2,1-3H3,(H2,46,47,48)(H2,49,50,51)(H2,52,53,54). The number of hydrogen-bond donors (Lipinski definition) is 6. The topological polar surface area (TPSA) is 279 Å². The number of hydrogen-bond acceptors (Lipinski definition) is 12. The molecule has 0 spiro atoms. The monoisotopic (exact) mass is 966 g/mol. The first-order valence-electron chi connectivity index (χ1n) is 23.6. The van der Waals surface area contributed by atoms with Gasteiger partial charge in [0.1, 0.15) is 18.3 Å². The Balaban J connectivity index is 3.51. The Bertz CT molecular complexity index is 1310.